The minimum Gasteiger partial charge on any atom is -0.505 e. The highest BCUT2D eigenvalue weighted by Gasteiger charge is 2.35. The van der Waals surface area contributed by atoms with Crippen molar-refractivity contribution >= 4 is 62.2 Å². The minimum absolute atomic E-state index is 0.0658. The molecular formula is C17H10BrClN2O5S. The summed E-state index contributed by atoms with van der Waals surface area (Å²) >= 11 is 9.84. The molecule has 7 nitrogen and oxygen atoms in total. The standard InChI is InChI=1S/C17H10BrClN2O5S/c18-12-5-10(6-13(19)15(12)22)7-14-16(23)20(17(24)27-14)8-9-2-1-3-11(4-9)21(25)26/h1-7,22H,8H2. The second kappa shape index (κ2) is 7.71. The minimum atomic E-state index is -0.538. The number of hydrogen-bond acceptors (Lipinski definition) is 6. The number of aromatic hydroxyl groups is 1. The molecule has 0 atom stereocenters. The van der Waals surface area contributed by atoms with Crippen molar-refractivity contribution in [1.29, 1.82) is 0 Å². The number of nitrogens with zero attached hydrogens (tertiary/aromatic N) is 2. The lowest BCUT2D eigenvalue weighted by molar-refractivity contribution is -0.384. The van der Waals surface area contributed by atoms with Crippen LogP contribution in [0.25, 0.3) is 6.08 Å². The first kappa shape index (κ1) is 19.4. The summed E-state index contributed by atoms with van der Waals surface area (Å²) < 4.78 is 0.358. The van der Waals surface area contributed by atoms with Crippen LogP contribution in [-0.4, -0.2) is 26.1 Å². The molecule has 0 saturated carbocycles. The average Bonchev–Trinajstić information content (AvgIpc) is 2.87. The van der Waals surface area contributed by atoms with Gasteiger partial charge in [0, 0.05) is 12.1 Å². The Balaban J connectivity index is 1.85. The number of amides is 2. The third kappa shape index (κ3) is 4.15. The zero-order chi connectivity index (χ0) is 19.7. The normalized spacial score (nSPS) is 15.6. The van der Waals surface area contributed by atoms with Crippen molar-refractivity contribution in [2.45, 2.75) is 6.54 Å². The summed E-state index contributed by atoms with van der Waals surface area (Å²) in [5.41, 5.74) is 0.896. The number of phenols is 1. The van der Waals surface area contributed by atoms with E-state index in [-0.39, 0.29) is 27.9 Å². The number of phenolic OH excluding ortho intramolecular Hbond substituents is 1. The zero-order valence-corrected chi connectivity index (χ0v) is 16.5. The topological polar surface area (TPSA) is 101 Å². The molecule has 138 valence electrons. The molecule has 2 amide bonds. The lowest BCUT2D eigenvalue weighted by Gasteiger charge is -2.12. The van der Waals surface area contributed by atoms with Crippen LogP contribution in [0.2, 0.25) is 5.02 Å². The van der Waals surface area contributed by atoms with E-state index in [2.05, 4.69) is 15.9 Å². The zero-order valence-electron chi connectivity index (χ0n) is 13.4. The summed E-state index contributed by atoms with van der Waals surface area (Å²) in [6.07, 6.45) is 1.49. The van der Waals surface area contributed by atoms with E-state index in [1.54, 1.807) is 12.1 Å². The van der Waals surface area contributed by atoms with Gasteiger partial charge in [0.1, 0.15) is 5.75 Å². The van der Waals surface area contributed by atoms with Gasteiger partial charge in [-0.2, -0.15) is 0 Å². The summed E-state index contributed by atoms with van der Waals surface area (Å²) in [7, 11) is 0. The SMILES string of the molecule is O=C1SC(=Cc2cc(Cl)c(O)c(Br)c2)C(=O)N1Cc1cccc([N+](=O)[O-])c1. The fourth-order valence-corrected chi connectivity index (χ4v) is 4.07. The lowest BCUT2D eigenvalue weighted by atomic mass is 10.2. The van der Waals surface area contributed by atoms with E-state index in [0.29, 0.717) is 15.6 Å². The molecule has 0 unspecified atom stereocenters. The molecular weight excluding hydrogens is 460 g/mol. The smallest absolute Gasteiger partial charge is 0.293 e. The summed E-state index contributed by atoms with van der Waals surface area (Å²) in [6.45, 7) is -0.0658. The molecule has 1 heterocycles. The highest BCUT2D eigenvalue weighted by atomic mass is 79.9. The number of nitro benzene ring substituents is 1. The quantitative estimate of drug-likeness (QED) is 0.386. The maximum atomic E-state index is 12.6. The molecule has 10 heteroatoms. The predicted molar refractivity (Wildman–Crippen MR) is 105 cm³/mol. The maximum Gasteiger partial charge on any atom is 0.293 e. The number of hydrogen-bond donors (Lipinski definition) is 1. The molecule has 2 aromatic carbocycles. The number of nitro groups is 1. The van der Waals surface area contributed by atoms with Crippen LogP contribution in [0.1, 0.15) is 11.1 Å². The van der Waals surface area contributed by atoms with Gasteiger partial charge < -0.3 is 5.11 Å². The lowest BCUT2D eigenvalue weighted by Crippen LogP contribution is -2.27. The molecule has 1 fully saturated rings. The Bertz CT molecular complexity index is 988. The molecule has 1 saturated heterocycles. The van der Waals surface area contributed by atoms with Crippen molar-refractivity contribution < 1.29 is 19.6 Å². The Morgan fingerprint density at radius 1 is 1.30 bits per heavy atom. The third-order valence-corrected chi connectivity index (χ3v) is 5.47. The number of imide groups is 1. The Hall–Kier alpha value is -2.36. The maximum absolute atomic E-state index is 12.6. The van der Waals surface area contributed by atoms with Gasteiger partial charge in [-0.05, 0) is 57.0 Å². The van der Waals surface area contributed by atoms with Crippen LogP contribution in [0, 0.1) is 10.1 Å². The largest absolute Gasteiger partial charge is 0.505 e. The van der Waals surface area contributed by atoms with Crippen LogP contribution in [0.3, 0.4) is 0 Å². The number of non-ortho nitro benzene ring substituents is 1. The molecule has 0 aliphatic carbocycles. The van der Waals surface area contributed by atoms with Gasteiger partial charge in [-0.15, -0.1) is 0 Å². The van der Waals surface area contributed by atoms with Crippen molar-refractivity contribution in [1.82, 2.24) is 4.90 Å². The van der Waals surface area contributed by atoms with Crippen LogP contribution in [-0.2, 0) is 11.3 Å². The van der Waals surface area contributed by atoms with Crippen molar-refractivity contribution in [2.24, 2.45) is 0 Å². The summed E-state index contributed by atoms with van der Waals surface area (Å²) in [5, 5.41) is 20.2. The van der Waals surface area contributed by atoms with E-state index in [1.165, 1.54) is 30.3 Å². The number of carbonyl (C=O) groups is 2. The summed E-state index contributed by atoms with van der Waals surface area (Å²) in [6, 6.07) is 8.80. The molecule has 2 aromatic rings. The Morgan fingerprint density at radius 2 is 2.04 bits per heavy atom. The monoisotopic (exact) mass is 468 g/mol. The Kier molecular flexibility index (Phi) is 5.54. The highest BCUT2D eigenvalue weighted by molar-refractivity contribution is 9.10. The van der Waals surface area contributed by atoms with Gasteiger partial charge in [-0.1, -0.05) is 23.7 Å². The number of rotatable bonds is 4. The van der Waals surface area contributed by atoms with E-state index < -0.39 is 16.1 Å². The molecule has 1 aliphatic heterocycles. The van der Waals surface area contributed by atoms with E-state index in [9.17, 15) is 24.8 Å². The summed E-state index contributed by atoms with van der Waals surface area (Å²) in [5.74, 6) is -0.621. The fourth-order valence-electron chi connectivity index (χ4n) is 2.41. The highest BCUT2D eigenvalue weighted by Crippen LogP contribution is 2.37. The van der Waals surface area contributed by atoms with Gasteiger partial charge in [0.15, 0.2) is 0 Å². The average molecular weight is 470 g/mol. The molecule has 27 heavy (non-hydrogen) atoms. The first-order valence-electron chi connectivity index (χ1n) is 7.43. The summed E-state index contributed by atoms with van der Waals surface area (Å²) in [4.78, 5) is 36.3. The molecule has 0 aromatic heterocycles. The van der Waals surface area contributed by atoms with Crippen molar-refractivity contribution in [3.05, 3.63) is 72.0 Å². The fraction of sp³-hybridized carbons (Fsp3) is 0.0588. The van der Waals surface area contributed by atoms with Crippen LogP contribution in [0.5, 0.6) is 5.75 Å². The Labute approximate surface area is 170 Å². The van der Waals surface area contributed by atoms with Gasteiger partial charge in [0.05, 0.1) is 25.9 Å². The molecule has 0 radical (unpaired) electrons. The molecule has 0 spiro atoms. The van der Waals surface area contributed by atoms with Gasteiger partial charge >= 0.3 is 0 Å². The van der Waals surface area contributed by atoms with Gasteiger partial charge in [0.2, 0.25) is 0 Å². The number of thioether (sulfide) groups is 1. The van der Waals surface area contributed by atoms with Gasteiger partial charge in [-0.3, -0.25) is 24.6 Å². The molecule has 1 N–H and O–H groups in total. The van der Waals surface area contributed by atoms with E-state index in [1.807, 2.05) is 0 Å². The predicted octanol–water partition coefficient (Wildman–Crippen LogP) is 4.95. The van der Waals surface area contributed by atoms with E-state index in [4.69, 9.17) is 11.6 Å². The number of benzene rings is 2. The van der Waals surface area contributed by atoms with Crippen LogP contribution < -0.4 is 0 Å². The molecule has 0 bridgehead atoms. The van der Waals surface area contributed by atoms with Crippen molar-refractivity contribution in [3.8, 4) is 5.75 Å². The van der Waals surface area contributed by atoms with E-state index in [0.717, 1.165) is 16.7 Å². The first-order valence-corrected chi connectivity index (χ1v) is 9.41. The molecule has 1 aliphatic rings. The first-order chi connectivity index (χ1) is 12.8. The van der Waals surface area contributed by atoms with Crippen molar-refractivity contribution in [2.75, 3.05) is 0 Å². The van der Waals surface area contributed by atoms with Gasteiger partial charge in [-0.25, -0.2) is 0 Å². The van der Waals surface area contributed by atoms with Gasteiger partial charge in [0.25, 0.3) is 16.8 Å². The van der Waals surface area contributed by atoms with Crippen LogP contribution >= 0.6 is 39.3 Å². The molecule has 3 rings (SSSR count). The number of carbonyl (C=O) groups excluding carboxylic acids is 2. The third-order valence-electron chi connectivity index (χ3n) is 3.67. The van der Waals surface area contributed by atoms with Crippen LogP contribution in [0.15, 0.2) is 45.8 Å². The Morgan fingerprint density at radius 3 is 2.70 bits per heavy atom. The van der Waals surface area contributed by atoms with Crippen molar-refractivity contribution in [3.63, 3.8) is 0 Å². The second-order valence-corrected chi connectivity index (χ2v) is 7.78. The van der Waals surface area contributed by atoms with E-state index >= 15 is 0 Å². The number of halogens is 2. The van der Waals surface area contributed by atoms with Crippen LogP contribution in [0.4, 0.5) is 10.5 Å². The second-order valence-electron chi connectivity index (χ2n) is 5.53.